The van der Waals surface area contributed by atoms with Gasteiger partial charge in [-0.1, -0.05) is 12.8 Å². The first-order valence-electron chi connectivity index (χ1n) is 6.30. The van der Waals surface area contributed by atoms with Gasteiger partial charge in [0.15, 0.2) is 0 Å². The van der Waals surface area contributed by atoms with Gasteiger partial charge in [0.1, 0.15) is 12.4 Å². The summed E-state index contributed by atoms with van der Waals surface area (Å²) in [5.41, 5.74) is 1.67. The largest absolute Gasteiger partial charge is 0.489 e. The quantitative estimate of drug-likeness (QED) is 0.803. The van der Waals surface area contributed by atoms with E-state index in [0.29, 0.717) is 11.6 Å². The van der Waals surface area contributed by atoms with Crippen molar-refractivity contribution in [1.82, 2.24) is 0 Å². The molecular weight excluding hydrogens is 212 g/mol. The fourth-order valence-corrected chi connectivity index (χ4v) is 2.87. The fraction of sp³-hybridized carbons (Fsp3) is 0.500. The van der Waals surface area contributed by atoms with Crippen LogP contribution in [0.5, 0.6) is 5.75 Å². The molecule has 0 saturated heterocycles. The van der Waals surface area contributed by atoms with Crippen LogP contribution in [-0.2, 0) is 0 Å². The number of rotatable bonds is 1. The van der Waals surface area contributed by atoms with Gasteiger partial charge in [0, 0.05) is 0 Å². The number of ether oxygens (including phenoxy) is 1. The molecule has 1 heterocycles. The molecule has 0 radical (unpaired) electrons. The van der Waals surface area contributed by atoms with Crippen molar-refractivity contribution in [3.63, 3.8) is 0 Å². The van der Waals surface area contributed by atoms with E-state index in [1.165, 1.54) is 25.7 Å². The molecule has 0 aromatic heterocycles. The minimum Gasteiger partial charge on any atom is -0.489 e. The molecule has 1 aliphatic carbocycles. The lowest BCUT2D eigenvalue weighted by molar-refractivity contribution is 0.246. The summed E-state index contributed by atoms with van der Waals surface area (Å²) in [5, 5.41) is 12.4. The van der Waals surface area contributed by atoms with Crippen LogP contribution in [0.2, 0.25) is 0 Å². The van der Waals surface area contributed by atoms with Gasteiger partial charge in [-0.25, -0.2) is 0 Å². The smallest absolute Gasteiger partial charge is 0.142 e. The molecule has 17 heavy (non-hydrogen) atoms. The minimum absolute atomic E-state index is 0.416. The normalized spacial score (nSPS) is 23.4. The Hall–Kier alpha value is -1.69. The SMILES string of the molecule is N#Cc1ccc2c(c1)NC(C1CCCC1)CO2. The predicted molar refractivity (Wildman–Crippen MR) is 66.0 cm³/mol. The Morgan fingerprint density at radius 1 is 1.29 bits per heavy atom. The lowest BCUT2D eigenvalue weighted by Gasteiger charge is -2.31. The highest BCUT2D eigenvalue weighted by molar-refractivity contribution is 5.61. The van der Waals surface area contributed by atoms with Crippen molar-refractivity contribution in [3.8, 4) is 11.8 Å². The van der Waals surface area contributed by atoms with Crippen molar-refractivity contribution >= 4 is 5.69 Å². The first kappa shape index (κ1) is 10.5. The maximum Gasteiger partial charge on any atom is 0.142 e. The fourth-order valence-electron chi connectivity index (χ4n) is 2.87. The van der Waals surface area contributed by atoms with E-state index in [9.17, 15) is 0 Å². The molecule has 2 aliphatic rings. The number of benzene rings is 1. The van der Waals surface area contributed by atoms with Crippen LogP contribution in [0.1, 0.15) is 31.2 Å². The molecule has 1 atom stereocenters. The highest BCUT2D eigenvalue weighted by atomic mass is 16.5. The Labute approximate surface area is 101 Å². The van der Waals surface area contributed by atoms with Gasteiger partial charge in [-0.2, -0.15) is 5.26 Å². The van der Waals surface area contributed by atoms with E-state index in [0.717, 1.165) is 24.0 Å². The number of hydrogen-bond acceptors (Lipinski definition) is 3. The third-order valence-electron chi connectivity index (χ3n) is 3.84. The van der Waals surface area contributed by atoms with E-state index in [1.54, 1.807) is 6.07 Å². The Balaban J connectivity index is 1.81. The average molecular weight is 228 g/mol. The third-order valence-corrected chi connectivity index (χ3v) is 3.84. The van der Waals surface area contributed by atoms with Crippen molar-refractivity contribution in [2.45, 2.75) is 31.7 Å². The van der Waals surface area contributed by atoms with Crippen LogP contribution in [0.15, 0.2) is 18.2 Å². The van der Waals surface area contributed by atoms with Crippen molar-refractivity contribution in [2.24, 2.45) is 5.92 Å². The third kappa shape index (κ3) is 1.95. The van der Waals surface area contributed by atoms with E-state index >= 15 is 0 Å². The number of nitriles is 1. The maximum absolute atomic E-state index is 8.90. The van der Waals surface area contributed by atoms with Gasteiger partial charge in [-0.05, 0) is 37.0 Å². The lowest BCUT2D eigenvalue weighted by Crippen LogP contribution is -2.37. The van der Waals surface area contributed by atoms with Crippen molar-refractivity contribution in [2.75, 3.05) is 11.9 Å². The molecule has 3 heteroatoms. The summed E-state index contributed by atoms with van der Waals surface area (Å²) in [7, 11) is 0. The monoisotopic (exact) mass is 228 g/mol. The van der Waals surface area contributed by atoms with Crippen molar-refractivity contribution < 1.29 is 4.74 Å². The zero-order chi connectivity index (χ0) is 11.7. The summed E-state index contributed by atoms with van der Waals surface area (Å²) in [6.07, 6.45) is 5.28. The zero-order valence-electron chi connectivity index (χ0n) is 9.78. The van der Waals surface area contributed by atoms with Crippen LogP contribution >= 0.6 is 0 Å². The summed E-state index contributed by atoms with van der Waals surface area (Å²) < 4.78 is 5.78. The molecule has 88 valence electrons. The van der Waals surface area contributed by atoms with Crippen LogP contribution in [0.4, 0.5) is 5.69 Å². The molecule has 3 nitrogen and oxygen atoms in total. The van der Waals surface area contributed by atoms with Gasteiger partial charge in [0.05, 0.1) is 23.4 Å². The topological polar surface area (TPSA) is 45.0 Å². The second kappa shape index (κ2) is 4.29. The van der Waals surface area contributed by atoms with E-state index in [2.05, 4.69) is 11.4 Å². The highest BCUT2D eigenvalue weighted by Gasteiger charge is 2.29. The Morgan fingerprint density at radius 3 is 2.88 bits per heavy atom. The molecule has 1 aromatic carbocycles. The van der Waals surface area contributed by atoms with E-state index < -0.39 is 0 Å². The van der Waals surface area contributed by atoms with Gasteiger partial charge < -0.3 is 10.1 Å². The number of nitrogens with zero attached hydrogens (tertiary/aromatic N) is 1. The number of fused-ring (bicyclic) bond motifs is 1. The Bertz CT molecular complexity index is 458. The van der Waals surface area contributed by atoms with Gasteiger partial charge in [-0.3, -0.25) is 0 Å². The summed E-state index contributed by atoms with van der Waals surface area (Å²) in [6, 6.07) is 8.15. The molecule has 0 spiro atoms. The molecule has 1 aliphatic heterocycles. The number of hydrogen-bond donors (Lipinski definition) is 1. The van der Waals surface area contributed by atoms with E-state index in [-0.39, 0.29) is 0 Å². The molecule has 3 rings (SSSR count). The van der Waals surface area contributed by atoms with Gasteiger partial charge in [0.2, 0.25) is 0 Å². The molecule has 1 N–H and O–H groups in total. The van der Waals surface area contributed by atoms with Crippen LogP contribution in [0, 0.1) is 17.2 Å². The van der Waals surface area contributed by atoms with Gasteiger partial charge in [-0.15, -0.1) is 0 Å². The second-order valence-corrected chi connectivity index (χ2v) is 4.93. The van der Waals surface area contributed by atoms with Crippen molar-refractivity contribution in [3.05, 3.63) is 23.8 Å². The molecule has 0 bridgehead atoms. The molecule has 1 unspecified atom stereocenters. The highest BCUT2D eigenvalue weighted by Crippen LogP contribution is 2.35. The van der Waals surface area contributed by atoms with Crippen LogP contribution < -0.4 is 10.1 Å². The molecule has 0 amide bonds. The second-order valence-electron chi connectivity index (χ2n) is 4.93. The Kier molecular flexibility index (Phi) is 2.64. The zero-order valence-corrected chi connectivity index (χ0v) is 9.78. The predicted octanol–water partition coefficient (Wildman–Crippen LogP) is 2.92. The van der Waals surface area contributed by atoms with Crippen LogP contribution in [-0.4, -0.2) is 12.6 Å². The summed E-state index contributed by atoms with van der Waals surface area (Å²) in [5.74, 6) is 1.60. The summed E-state index contributed by atoms with van der Waals surface area (Å²) in [6.45, 7) is 0.754. The maximum atomic E-state index is 8.90. The van der Waals surface area contributed by atoms with Crippen molar-refractivity contribution in [1.29, 1.82) is 5.26 Å². The summed E-state index contributed by atoms with van der Waals surface area (Å²) in [4.78, 5) is 0. The first-order valence-corrected chi connectivity index (χ1v) is 6.30. The first-order chi connectivity index (χ1) is 8.36. The number of anilines is 1. The Morgan fingerprint density at radius 2 is 2.12 bits per heavy atom. The average Bonchev–Trinajstić information content (AvgIpc) is 2.91. The molecule has 1 saturated carbocycles. The standard InChI is InChI=1S/C14H16N2O/c15-8-10-5-6-14-12(7-10)16-13(9-17-14)11-3-1-2-4-11/h5-7,11,13,16H,1-4,9H2. The lowest BCUT2D eigenvalue weighted by atomic mass is 9.97. The molecule has 1 fully saturated rings. The van der Waals surface area contributed by atoms with Gasteiger partial charge >= 0.3 is 0 Å². The minimum atomic E-state index is 0.416. The van der Waals surface area contributed by atoms with E-state index in [1.807, 2.05) is 12.1 Å². The number of nitrogens with one attached hydrogen (secondary N) is 1. The van der Waals surface area contributed by atoms with E-state index in [4.69, 9.17) is 10.00 Å². The van der Waals surface area contributed by atoms with Crippen LogP contribution in [0.3, 0.4) is 0 Å². The van der Waals surface area contributed by atoms with Gasteiger partial charge in [0.25, 0.3) is 0 Å². The summed E-state index contributed by atoms with van der Waals surface area (Å²) >= 11 is 0. The molecular formula is C14H16N2O. The molecule has 1 aromatic rings. The van der Waals surface area contributed by atoms with Crippen LogP contribution in [0.25, 0.3) is 0 Å².